The monoisotopic (exact) mass is 341 g/mol. The maximum Gasteiger partial charge on any atom is 0.257 e. The average Bonchev–Trinajstić information content (AvgIpc) is 2.94. The lowest BCUT2D eigenvalue weighted by molar-refractivity contribution is -0.117. The van der Waals surface area contributed by atoms with Gasteiger partial charge >= 0.3 is 0 Å². The number of piperazine rings is 1. The van der Waals surface area contributed by atoms with E-state index in [2.05, 4.69) is 10.2 Å². The van der Waals surface area contributed by atoms with Crippen molar-refractivity contribution in [1.82, 2.24) is 9.80 Å². The van der Waals surface area contributed by atoms with Gasteiger partial charge in [0.1, 0.15) is 11.5 Å². The van der Waals surface area contributed by atoms with Crippen molar-refractivity contribution in [3.8, 4) is 0 Å². The molecule has 6 heteroatoms. The zero-order chi connectivity index (χ0) is 17.8. The van der Waals surface area contributed by atoms with Gasteiger partial charge in [0.25, 0.3) is 5.91 Å². The Kier molecular flexibility index (Phi) is 5.19. The third-order valence-corrected chi connectivity index (χ3v) is 4.36. The van der Waals surface area contributed by atoms with Gasteiger partial charge in [-0.15, -0.1) is 0 Å². The summed E-state index contributed by atoms with van der Waals surface area (Å²) < 4.78 is 5.45. The van der Waals surface area contributed by atoms with Crippen LogP contribution in [0.15, 0.2) is 40.8 Å². The first kappa shape index (κ1) is 17.2. The van der Waals surface area contributed by atoms with Crippen LogP contribution >= 0.6 is 0 Å². The van der Waals surface area contributed by atoms with Gasteiger partial charge in [0, 0.05) is 31.9 Å². The molecule has 1 aromatic heterocycles. The maximum atomic E-state index is 12.6. The number of nitrogens with zero attached hydrogens (tertiary/aromatic N) is 2. The minimum atomic E-state index is -0.0349. The predicted molar refractivity (Wildman–Crippen MR) is 95.6 cm³/mol. The summed E-state index contributed by atoms with van der Waals surface area (Å²) in [6, 6.07) is 11.2. The molecule has 132 valence electrons. The second-order valence-corrected chi connectivity index (χ2v) is 6.31. The number of hydrogen-bond acceptors (Lipinski definition) is 4. The molecule has 0 aliphatic carbocycles. The first-order valence-electron chi connectivity index (χ1n) is 8.46. The lowest BCUT2D eigenvalue weighted by Gasteiger charge is -2.34. The van der Waals surface area contributed by atoms with E-state index in [1.165, 1.54) is 0 Å². The van der Waals surface area contributed by atoms with Gasteiger partial charge in [-0.1, -0.05) is 18.2 Å². The third kappa shape index (κ3) is 4.28. The number of aryl methyl sites for hydroxylation is 2. The van der Waals surface area contributed by atoms with E-state index < -0.39 is 0 Å². The summed E-state index contributed by atoms with van der Waals surface area (Å²) in [6.45, 7) is 6.58. The molecular formula is C19H23N3O3. The number of furan rings is 1. The van der Waals surface area contributed by atoms with E-state index in [1.807, 2.05) is 49.1 Å². The SMILES string of the molecule is Cc1cc(C(=O)N2CCN(CC(=O)Nc3ccccc3)CC2)c(C)o1. The number of carbonyl (C=O) groups is 2. The van der Waals surface area contributed by atoms with E-state index in [0.29, 0.717) is 44.0 Å². The van der Waals surface area contributed by atoms with Crippen molar-refractivity contribution in [1.29, 1.82) is 0 Å². The summed E-state index contributed by atoms with van der Waals surface area (Å²) in [5, 5.41) is 2.89. The highest BCUT2D eigenvalue weighted by Gasteiger charge is 2.25. The summed E-state index contributed by atoms with van der Waals surface area (Å²) in [4.78, 5) is 28.6. The number of rotatable bonds is 4. The van der Waals surface area contributed by atoms with Crippen LogP contribution in [-0.2, 0) is 4.79 Å². The van der Waals surface area contributed by atoms with E-state index in [0.717, 1.165) is 11.4 Å². The molecule has 0 spiro atoms. The molecule has 25 heavy (non-hydrogen) atoms. The molecule has 0 unspecified atom stereocenters. The molecular weight excluding hydrogens is 318 g/mol. The van der Waals surface area contributed by atoms with Crippen molar-refractivity contribution in [3.05, 3.63) is 53.5 Å². The van der Waals surface area contributed by atoms with Gasteiger partial charge in [0.2, 0.25) is 5.91 Å². The molecule has 1 aliphatic heterocycles. The minimum Gasteiger partial charge on any atom is -0.466 e. The summed E-state index contributed by atoms with van der Waals surface area (Å²) in [5.41, 5.74) is 1.43. The van der Waals surface area contributed by atoms with Gasteiger partial charge in [-0.25, -0.2) is 0 Å². The molecule has 6 nitrogen and oxygen atoms in total. The fourth-order valence-corrected chi connectivity index (χ4v) is 3.05. The number of amides is 2. The largest absolute Gasteiger partial charge is 0.466 e. The molecule has 1 N–H and O–H groups in total. The zero-order valence-corrected chi connectivity index (χ0v) is 14.6. The Labute approximate surface area is 147 Å². The second-order valence-electron chi connectivity index (χ2n) is 6.31. The van der Waals surface area contributed by atoms with Crippen LogP contribution in [0.3, 0.4) is 0 Å². The highest BCUT2D eigenvalue weighted by Crippen LogP contribution is 2.17. The minimum absolute atomic E-state index is 0.00253. The van der Waals surface area contributed by atoms with Gasteiger partial charge in [-0.2, -0.15) is 0 Å². The normalized spacial score (nSPS) is 15.2. The average molecular weight is 341 g/mol. The second kappa shape index (κ2) is 7.53. The van der Waals surface area contributed by atoms with Crippen LogP contribution in [0.5, 0.6) is 0 Å². The summed E-state index contributed by atoms with van der Waals surface area (Å²) >= 11 is 0. The van der Waals surface area contributed by atoms with E-state index >= 15 is 0 Å². The van der Waals surface area contributed by atoms with E-state index in [9.17, 15) is 9.59 Å². The Morgan fingerprint density at radius 3 is 2.36 bits per heavy atom. The first-order chi connectivity index (χ1) is 12.0. The van der Waals surface area contributed by atoms with Crippen LogP contribution in [0.2, 0.25) is 0 Å². The number of carbonyl (C=O) groups excluding carboxylic acids is 2. The molecule has 0 saturated carbocycles. The molecule has 2 heterocycles. The molecule has 1 aliphatic rings. The van der Waals surface area contributed by atoms with Crippen LogP contribution < -0.4 is 5.32 Å². The van der Waals surface area contributed by atoms with Gasteiger partial charge < -0.3 is 14.6 Å². The fraction of sp³-hybridized carbons (Fsp3) is 0.368. The highest BCUT2D eigenvalue weighted by atomic mass is 16.3. The molecule has 3 rings (SSSR count). The lowest BCUT2D eigenvalue weighted by Crippen LogP contribution is -2.50. The third-order valence-electron chi connectivity index (χ3n) is 4.36. The lowest BCUT2D eigenvalue weighted by atomic mass is 10.2. The molecule has 1 saturated heterocycles. The summed E-state index contributed by atoms with van der Waals surface area (Å²) in [6.07, 6.45) is 0. The quantitative estimate of drug-likeness (QED) is 0.927. The van der Waals surface area contributed by atoms with Crippen LogP contribution in [0.25, 0.3) is 0 Å². The predicted octanol–water partition coefficient (Wildman–Crippen LogP) is 2.29. The van der Waals surface area contributed by atoms with Gasteiger partial charge in [0.05, 0.1) is 12.1 Å². The molecule has 0 radical (unpaired) electrons. The highest BCUT2D eigenvalue weighted by molar-refractivity contribution is 5.95. The Morgan fingerprint density at radius 2 is 1.76 bits per heavy atom. The number of hydrogen-bond donors (Lipinski definition) is 1. The van der Waals surface area contributed by atoms with E-state index in [4.69, 9.17) is 4.42 Å². The Balaban J connectivity index is 1.49. The zero-order valence-electron chi connectivity index (χ0n) is 14.6. The fourth-order valence-electron chi connectivity index (χ4n) is 3.05. The van der Waals surface area contributed by atoms with Crippen LogP contribution in [0.4, 0.5) is 5.69 Å². The molecule has 2 aromatic rings. The molecule has 1 aromatic carbocycles. The molecule has 0 atom stereocenters. The van der Waals surface area contributed by atoms with Crippen molar-refractivity contribution in [2.45, 2.75) is 13.8 Å². The van der Waals surface area contributed by atoms with Gasteiger partial charge in [0.15, 0.2) is 0 Å². The van der Waals surface area contributed by atoms with Crippen LogP contribution in [0.1, 0.15) is 21.9 Å². The van der Waals surface area contributed by atoms with Gasteiger partial charge in [-0.05, 0) is 32.0 Å². The Bertz CT molecular complexity index is 747. The van der Waals surface area contributed by atoms with E-state index in [-0.39, 0.29) is 11.8 Å². The van der Waals surface area contributed by atoms with Crippen molar-refractivity contribution >= 4 is 17.5 Å². The van der Waals surface area contributed by atoms with Crippen molar-refractivity contribution in [3.63, 3.8) is 0 Å². The van der Waals surface area contributed by atoms with Crippen molar-refractivity contribution in [2.24, 2.45) is 0 Å². The van der Waals surface area contributed by atoms with Crippen LogP contribution in [-0.4, -0.2) is 54.3 Å². The van der Waals surface area contributed by atoms with Crippen molar-refractivity contribution in [2.75, 3.05) is 38.0 Å². The molecule has 0 bridgehead atoms. The topological polar surface area (TPSA) is 65.8 Å². The number of benzene rings is 1. The summed E-state index contributed by atoms with van der Waals surface area (Å²) in [5.74, 6) is 1.37. The van der Waals surface area contributed by atoms with Crippen molar-refractivity contribution < 1.29 is 14.0 Å². The molecule has 2 amide bonds. The van der Waals surface area contributed by atoms with Crippen LogP contribution in [0, 0.1) is 13.8 Å². The standard InChI is InChI=1S/C19H23N3O3/c1-14-12-17(15(2)25-14)19(24)22-10-8-21(9-11-22)13-18(23)20-16-6-4-3-5-7-16/h3-7,12H,8-11,13H2,1-2H3,(H,20,23). The summed E-state index contributed by atoms with van der Waals surface area (Å²) in [7, 11) is 0. The Morgan fingerprint density at radius 1 is 1.08 bits per heavy atom. The number of para-hydroxylation sites is 1. The smallest absolute Gasteiger partial charge is 0.257 e. The number of anilines is 1. The first-order valence-corrected chi connectivity index (χ1v) is 8.46. The molecule has 1 fully saturated rings. The van der Waals surface area contributed by atoms with Gasteiger partial charge in [-0.3, -0.25) is 14.5 Å². The Hall–Kier alpha value is -2.60. The number of nitrogens with one attached hydrogen (secondary N) is 1. The van der Waals surface area contributed by atoms with E-state index in [1.54, 1.807) is 6.07 Å². The maximum absolute atomic E-state index is 12.6.